The summed E-state index contributed by atoms with van der Waals surface area (Å²) < 4.78 is 0. The highest BCUT2D eigenvalue weighted by molar-refractivity contribution is 5.94. The highest BCUT2D eigenvalue weighted by Gasteiger charge is 1.95. The number of unbranched alkanes of at least 4 members (excludes halogenated alkanes) is 9. The number of rotatable bonds is 13. The zero-order valence-corrected chi connectivity index (χ0v) is 13.9. The smallest absolute Gasteiger partial charge is 0.248 e. The summed E-state index contributed by atoms with van der Waals surface area (Å²) in [5.41, 5.74) is 5.77. The van der Waals surface area contributed by atoms with Crippen molar-refractivity contribution < 1.29 is 4.79 Å². The highest BCUT2D eigenvalue weighted by Crippen LogP contribution is 2.10. The number of hydrogen-bond donors (Lipinski definition) is 1. The minimum Gasteiger partial charge on any atom is -0.366 e. The van der Waals surface area contributed by atoms with Crippen molar-refractivity contribution in [2.75, 3.05) is 0 Å². The molecule has 0 aromatic heterocycles. The van der Waals surface area contributed by atoms with E-state index in [9.17, 15) is 4.79 Å². The number of hydrogen-bond acceptors (Lipinski definition) is 1. The van der Waals surface area contributed by atoms with Crippen molar-refractivity contribution in [2.24, 2.45) is 5.73 Å². The van der Waals surface area contributed by atoms with E-state index in [0.29, 0.717) is 5.57 Å². The van der Waals surface area contributed by atoms with Gasteiger partial charge in [-0.15, -0.1) is 0 Å². The number of allylic oxidation sites excluding steroid dienone is 4. The Morgan fingerprint density at radius 2 is 1.48 bits per heavy atom. The number of carbonyl (C=O) groups excluding carboxylic acids is 1. The Kier molecular flexibility index (Phi) is 14.1. The molecule has 2 nitrogen and oxygen atoms in total. The van der Waals surface area contributed by atoms with E-state index >= 15 is 0 Å². The topological polar surface area (TPSA) is 43.1 Å². The maximum atomic E-state index is 11.0. The van der Waals surface area contributed by atoms with Gasteiger partial charge in [0.1, 0.15) is 0 Å². The summed E-state index contributed by atoms with van der Waals surface area (Å²) in [5.74, 6) is -0.374. The average molecular weight is 291 g/mol. The molecule has 0 saturated carbocycles. The number of amides is 1. The van der Waals surface area contributed by atoms with E-state index < -0.39 is 0 Å². The lowest BCUT2D eigenvalue weighted by atomic mass is 10.1. The minimum atomic E-state index is -0.374. The molecule has 0 aromatic rings. The molecule has 0 aliphatic heterocycles. The molecule has 0 atom stereocenters. The molecule has 1 amide bonds. The molecule has 0 unspecified atom stereocenters. The summed E-state index contributed by atoms with van der Waals surface area (Å²) >= 11 is 0. The van der Waals surface area contributed by atoms with Gasteiger partial charge in [-0.25, -0.2) is 0 Å². The standard InChI is InChI=1S/C19H33NO/c1-3-5-6-7-8-9-10-11-12-13-14-15-16-17-18(4-2)19(20)21/h4,14-17H,3,5-13H2,1-2H3,(H2,20,21)/b15-14+,17-16+,18-4-. The second kappa shape index (κ2) is 15.1. The average Bonchev–Trinajstić information content (AvgIpc) is 2.47. The van der Waals surface area contributed by atoms with Gasteiger partial charge in [0.2, 0.25) is 5.91 Å². The molecule has 0 aromatic carbocycles. The number of primary amides is 1. The Labute approximate surface area is 131 Å². The summed E-state index contributed by atoms with van der Waals surface area (Å²) in [6.07, 6.45) is 22.9. The molecule has 0 saturated heterocycles. The fourth-order valence-corrected chi connectivity index (χ4v) is 2.23. The molecule has 2 N–H and O–H groups in total. The van der Waals surface area contributed by atoms with E-state index in [1.807, 2.05) is 19.1 Å². The van der Waals surface area contributed by atoms with Crippen molar-refractivity contribution in [3.63, 3.8) is 0 Å². The van der Waals surface area contributed by atoms with Crippen LogP contribution in [-0.4, -0.2) is 5.91 Å². The molecule has 2 heteroatoms. The maximum Gasteiger partial charge on any atom is 0.248 e. The van der Waals surface area contributed by atoms with Crippen molar-refractivity contribution >= 4 is 5.91 Å². The van der Waals surface area contributed by atoms with Crippen LogP contribution < -0.4 is 5.73 Å². The molecule has 0 rings (SSSR count). The second-order valence-electron chi connectivity index (χ2n) is 5.51. The van der Waals surface area contributed by atoms with Gasteiger partial charge in [-0.2, -0.15) is 0 Å². The van der Waals surface area contributed by atoms with Gasteiger partial charge in [0.05, 0.1) is 0 Å². The zero-order valence-electron chi connectivity index (χ0n) is 13.9. The zero-order chi connectivity index (χ0) is 15.8. The summed E-state index contributed by atoms with van der Waals surface area (Å²) in [4.78, 5) is 11.0. The van der Waals surface area contributed by atoms with Gasteiger partial charge in [-0.1, -0.05) is 82.6 Å². The van der Waals surface area contributed by atoms with Gasteiger partial charge in [0.25, 0.3) is 0 Å². The molecular weight excluding hydrogens is 258 g/mol. The van der Waals surface area contributed by atoms with Gasteiger partial charge < -0.3 is 5.73 Å². The Morgan fingerprint density at radius 1 is 0.905 bits per heavy atom. The Hall–Kier alpha value is -1.31. The SMILES string of the molecule is C/C=C(/C=C/C=C/CCCCCCCCCCC)C(N)=O. The van der Waals surface area contributed by atoms with Crippen LogP contribution in [0.5, 0.6) is 0 Å². The monoisotopic (exact) mass is 291 g/mol. The molecule has 0 aliphatic rings. The second-order valence-corrected chi connectivity index (χ2v) is 5.51. The third-order valence-corrected chi connectivity index (χ3v) is 3.59. The van der Waals surface area contributed by atoms with Crippen LogP contribution in [0.2, 0.25) is 0 Å². The van der Waals surface area contributed by atoms with E-state index in [0.717, 1.165) is 6.42 Å². The summed E-state index contributed by atoms with van der Waals surface area (Å²) in [7, 11) is 0. The van der Waals surface area contributed by atoms with E-state index in [4.69, 9.17) is 5.73 Å². The van der Waals surface area contributed by atoms with E-state index in [-0.39, 0.29) is 5.91 Å². The van der Waals surface area contributed by atoms with Crippen LogP contribution in [0.15, 0.2) is 36.0 Å². The van der Waals surface area contributed by atoms with Gasteiger partial charge in [-0.3, -0.25) is 4.79 Å². The Bertz CT molecular complexity index is 339. The summed E-state index contributed by atoms with van der Waals surface area (Å²) in [5, 5.41) is 0. The van der Waals surface area contributed by atoms with Crippen molar-refractivity contribution in [3.8, 4) is 0 Å². The molecule has 21 heavy (non-hydrogen) atoms. The van der Waals surface area contributed by atoms with E-state index in [2.05, 4.69) is 13.0 Å². The largest absolute Gasteiger partial charge is 0.366 e. The lowest BCUT2D eigenvalue weighted by molar-refractivity contribution is -0.114. The molecular formula is C19H33NO. The van der Waals surface area contributed by atoms with Crippen LogP contribution >= 0.6 is 0 Å². The Morgan fingerprint density at radius 3 is 2.00 bits per heavy atom. The van der Waals surface area contributed by atoms with E-state index in [1.54, 1.807) is 12.2 Å². The number of nitrogens with two attached hydrogens (primary N) is 1. The van der Waals surface area contributed by atoms with Crippen molar-refractivity contribution in [1.82, 2.24) is 0 Å². The van der Waals surface area contributed by atoms with Crippen LogP contribution in [0.25, 0.3) is 0 Å². The molecule has 0 aliphatic carbocycles. The Balaban J connectivity index is 3.44. The van der Waals surface area contributed by atoms with Gasteiger partial charge in [-0.05, 0) is 25.8 Å². The highest BCUT2D eigenvalue weighted by atomic mass is 16.1. The molecule has 0 bridgehead atoms. The molecule has 0 radical (unpaired) electrons. The van der Waals surface area contributed by atoms with Gasteiger partial charge in [0.15, 0.2) is 0 Å². The maximum absolute atomic E-state index is 11.0. The minimum absolute atomic E-state index is 0.374. The predicted molar refractivity (Wildman–Crippen MR) is 93.1 cm³/mol. The first-order valence-electron chi connectivity index (χ1n) is 8.51. The number of carbonyl (C=O) groups is 1. The first-order chi connectivity index (χ1) is 10.2. The van der Waals surface area contributed by atoms with Crippen molar-refractivity contribution in [3.05, 3.63) is 36.0 Å². The summed E-state index contributed by atoms with van der Waals surface area (Å²) in [6.45, 7) is 4.08. The normalized spacial score (nSPS) is 12.6. The molecule has 120 valence electrons. The van der Waals surface area contributed by atoms with Crippen LogP contribution in [0, 0.1) is 0 Å². The fourth-order valence-electron chi connectivity index (χ4n) is 2.23. The first kappa shape index (κ1) is 19.7. The fraction of sp³-hybridized carbons (Fsp3) is 0.632. The lowest BCUT2D eigenvalue weighted by Gasteiger charge is -2.00. The lowest BCUT2D eigenvalue weighted by Crippen LogP contribution is -2.11. The molecule has 0 fully saturated rings. The van der Waals surface area contributed by atoms with E-state index in [1.165, 1.54) is 57.8 Å². The van der Waals surface area contributed by atoms with Gasteiger partial charge >= 0.3 is 0 Å². The van der Waals surface area contributed by atoms with Gasteiger partial charge in [0, 0.05) is 5.57 Å². The van der Waals surface area contributed by atoms with Crippen LogP contribution in [0.3, 0.4) is 0 Å². The predicted octanol–water partition coefficient (Wildman–Crippen LogP) is 5.45. The quantitative estimate of drug-likeness (QED) is 0.273. The molecule has 0 spiro atoms. The van der Waals surface area contributed by atoms with Crippen molar-refractivity contribution in [2.45, 2.75) is 78.1 Å². The molecule has 0 heterocycles. The van der Waals surface area contributed by atoms with Crippen LogP contribution in [-0.2, 0) is 4.79 Å². The summed E-state index contributed by atoms with van der Waals surface area (Å²) in [6, 6.07) is 0. The van der Waals surface area contributed by atoms with Crippen molar-refractivity contribution in [1.29, 1.82) is 0 Å². The third-order valence-electron chi connectivity index (χ3n) is 3.59. The first-order valence-corrected chi connectivity index (χ1v) is 8.51. The van der Waals surface area contributed by atoms with Crippen LogP contribution in [0.1, 0.15) is 78.1 Å². The van der Waals surface area contributed by atoms with Crippen LogP contribution in [0.4, 0.5) is 0 Å². The third kappa shape index (κ3) is 13.4.